The average Bonchev–Trinajstić information content (AvgIpc) is 3.37. The van der Waals surface area contributed by atoms with E-state index >= 15 is 0 Å². The fourth-order valence-electron chi connectivity index (χ4n) is 4.25. The molecule has 33 heavy (non-hydrogen) atoms. The Morgan fingerprint density at radius 3 is 2.67 bits per heavy atom. The van der Waals surface area contributed by atoms with Crippen LogP contribution in [0.25, 0.3) is 21.2 Å². The molecule has 0 unspecified atom stereocenters. The summed E-state index contributed by atoms with van der Waals surface area (Å²) < 4.78 is 12.4. The van der Waals surface area contributed by atoms with E-state index in [4.69, 9.17) is 8.68 Å². The number of thiophene rings is 1. The van der Waals surface area contributed by atoms with Gasteiger partial charge in [-0.15, -0.1) is 11.3 Å². The second-order valence-electron chi connectivity index (χ2n) is 8.63. The van der Waals surface area contributed by atoms with Gasteiger partial charge in [0.1, 0.15) is 0 Å². The number of nitrogens with two attached hydrogens (primary N) is 1. The predicted molar refractivity (Wildman–Crippen MR) is 146 cm³/mol. The molecule has 1 aliphatic carbocycles. The van der Waals surface area contributed by atoms with Crippen molar-refractivity contribution in [1.29, 1.82) is 0 Å². The van der Waals surface area contributed by atoms with Crippen molar-refractivity contribution in [1.82, 2.24) is 5.32 Å². The Bertz CT molecular complexity index is 1310. The van der Waals surface area contributed by atoms with Crippen molar-refractivity contribution in [3.8, 4) is 16.2 Å². The van der Waals surface area contributed by atoms with Crippen molar-refractivity contribution in [3.05, 3.63) is 88.8 Å². The number of benzene rings is 3. The molecule has 170 valence electrons. The molecule has 5 rings (SSSR count). The molecule has 1 heterocycles. The predicted octanol–water partition coefficient (Wildman–Crippen LogP) is 6.64. The van der Waals surface area contributed by atoms with Crippen LogP contribution in [0.5, 0.6) is 5.75 Å². The van der Waals surface area contributed by atoms with Crippen LogP contribution in [0.2, 0.25) is 0 Å². The Morgan fingerprint density at radius 1 is 1.12 bits per heavy atom. The molecule has 0 saturated heterocycles. The quantitative estimate of drug-likeness (QED) is 0.149. The van der Waals surface area contributed by atoms with Crippen molar-refractivity contribution < 1.29 is 9.53 Å². The molecule has 1 aromatic heterocycles. The van der Waals surface area contributed by atoms with Crippen LogP contribution >= 0.6 is 31.4 Å². The van der Waals surface area contributed by atoms with Gasteiger partial charge in [-0.1, -0.05) is 12.1 Å². The minimum atomic E-state index is -1.49. The molecule has 0 spiro atoms. The number of amides is 1. The Balaban J connectivity index is 1.49. The third-order valence-electron chi connectivity index (χ3n) is 6.13. The second kappa shape index (κ2) is 9.08. The number of ether oxygens (including phenoxy) is 1. The number of fused-ring (bicyclic) bond motifs is 1. The maximum absolute atomic E-state index is 13.5. The summed E-state index contributed by atoms with van der Waals surface area (Å²) in [6.45, 7) is 1.96. The molecule has 3 N–H and O–H groups in total. The van der Waals surface area contributed by atoms with Gasteiger partial charge in [-0.25, -0.2) is 0 Å². The zero-order chi connectivity index (χ0) is 23.0. The molecule has 4 nitrogen and oxygen atoms in total. The van der Waals surface area contributed by atoms with Gasteiger partial charge in [0, 0.05) is 0 Å². The fourth-order valence-corrected chi connectivity index (χ4v) is 5.81. The maximum atomic E-state index is 13.5. The van der Waals surface area contributed by atoms with Crippen molar-refractivity contribution in [2.45, 2.75) is 25.3 Å². The Morgan fingerprint density at radius 2 is 1.94 bits per heavy atom. The van der Waals surface area contributed by atoms with Gasteiger partial charge in [0.15, 0.2) is 0 Å². The zero-order valence-electron chi connectivity index (χ0n) is 18.7. The van der Waals surface area contributed by atoms with Gasteiger partial charge in [0.25, 0.3) is 0 Å². The van der Waals surface area contributed by atoms with Crippen molar-refractivity contribution in [3.63, 3.8) is 0 Å². The second-order valence-corrected chi connectivity index (χ2v) is 13.9. The molecule has 1 amide bonds. The number of nitrogens with one attached hydrogen (secondary N) is 1. The SMILES string of the molecule is Cc1ccc(OCI(C)N)cc1C(=O)NC1(c2cc(-c3cccs3)cc3ccccc23)CC1. The van der Waals surface area contributed by atoms with Crippen LogP contribution < -0.4 is 14.0 Å². The molecule has 0 atom stereocenters. The van der Waals surface area contributed by atoms with Gasteiger partial charge < -0.3 is 0 Å². The minimum absolute atomic E-state index is 0.0549. The van der Waals surface area contributed by atoms with Gasteiger partial charge in [-0.2, -0.15) is 0 Å². The van der Waals surface area contributed by atoms with Crippen LogP contribution in [0.15, 0.2) is 72.1 Å². The summed E-state index contributed by atoms with van der Waals surface area (Å²) in [4.78, 5) is 16.7. The third-order valence-corrected chi connectivity index (χ3v) is 8.35. The van der Waals surface area contributed by atoms with E-state index in [0.29, 0.717) is 15.9 Å². The van der Waals surface area contributed by atoms with Gasteiger partial charge in [0.05, 0.1) is 0 Å². The van der Waals surface area contributed by atoms with E-state index in [-0.39, 0.29) is 11.4 Å². The van der Waals surface area contributed by atoms with Crippen LogP contribution in [-0.4, -0.2) is 15.5 Å². The Hall–Kier alpha value is -2.42. The topological polar surface area (TPSA) is 64.3 Å². The van der Waals surface area contributed by atoms with Crippen molar-refractivity contribution in [2.24, 2.45) is 3.95 Å². The summed E-state index contributed by atoms with van der Waals surface area (Å²) >= 11 is 0.246. The monoisotopic (exact) mass is 570 g/mol. The summed E-state index contributed by atoms with van der Waals surface area (Å²) in [6.07, 6.45) is 1.87. The standard InChI is InChI=1S/C27H27IN2O2S/c1-18-9-10-21(32-17-28(2)29)16-23(18)26(31)30-27(11-12-27)24-15-20(25-8-5-13-33-25)14-19-6-3-4-7-22(19)24/h3-10,13-16H,11-12,17,29H2,1-2H3,(H,30,31). The third kappa shape index (κ3) is 4.65. The average molecular weight is 570 g/mol. The Kier molecular flexibility index (Phi) is 6.16. The van der Waals surface area contributed by atoms with Crippen LogP contribution in [0.1, 0.15) is 34.3 Å². The number of alkyl halides is 2. The van der Waals surface area contributed by atoms with E-state index in [2.05, 4.69) is 64.2 Å². The molecule has 3 aromatic carbocycles. The van der Waals surface area contributed by atoms with Crippen LogP contribution in [-0.2, 0) is 5.54 Å². The van der Waals surface area contributed by atoms with Gasteiger partial charge >= 0.3 is 172 Å². The van der Waals surface area contributed by atoms with Gasteiger partial charge in [0.2, 0.25) is 0 Å². The molecule has 0 radical (unpaired) electrons. The van der Waals surface area contributed by atoms with E-state index in [1.54, 1.807) is 11.3 Å². The fraction of sp³-hybridized carbons (Fsp3) is 0.222. The van der Waals surface area contributed by atoms with Gasteiger partial charge in [-0.05, 0) is 11.4 Å². The first-order valence-corrected chi connectivity index (χ1v) is 16.7. The van der Waals surface area contributed by atoms with Crippen molar-refractivity contribution >= 4 is 48.1 Å². The number of carbonyl (C=O) groups excluding carboxylic acids is 1. The summed E-state index contributed by atoms with van der Waals surface area (Å²) in [5.74, 6) is 0.649. The zero-order valence-corrected chi connectivity index (χ0v) is 21.7. The number of halogens is 1. The number of aryl methyl sites for hydroxylation is 1. The van der Waals surface area contributed by atoms with Crippen LogP contribution in [0.3, 0.4) is 0 Å². The van der Waals surface area contributed by atoms with Gasteiger partial charge in [-0.3, -0.25) is 0 Å². The van der Waals surface area contributed by atoms with E-state index in [9.17, 15) is 4.79 Å². The summed E-state index contributed by atoms with van der Waals surface area (Å²) in [6, 6.07) is 22.9. The first kappa shape index (κ1) is 22.4. The van der Waals surface area contributed by atoms with E-state index in [0.717, 1.165) is 18.4 Å². The summed E-state index contributed by atoms with van der Waals surface area (Å²) in [7, 11) is 0. The molecule has 0 bridgehead atoms. The molecular weight excluding hydrogens is 543 g/mol. The number of hydrogen-bond acceptors (Lipinski definition) is 4. The van der Waals surface area contributed by atoms with Crippen LogP contribution in [0, 0.1) is 6.92 Å². The first-order valence-electron chi connectivity index (χ1n) is 10.9. The normalized spacial score (nSPS) is 14.7. The molecule has 1 saturated carbocycles. The number of rotatable bonds is 7. The molecule has 1 aliphatic rings. The van der Waals surface area contributed by atoms with Crippen LogP contribution in [0.4, 0.5) is 0 Å². The summed E-state index contributed by atoms with van der Waals surface area (Å²) in [5, 5.41) is 7.89. The molecular formula is C27H27IN2O2S. The van der Waals surface area contributed by atoms with E-state index in [1.165, 1.54) is 26.8 Å². The number of carbonyl (C=O) groups is 1. The van der Waals surface area contributed by atoms with E-state index in [1.807, 2.05) is 25.1 Å². The molecule has 4 aromatic rings. The van der Waals surface area contributed by atoms with Crippen molar-refractivity contribution in [2.75, 3.05) is 9.54 Å². The first-order chi connectivity index (χ1) is 15.9. The number of hydrogen-bond donors (Lipinski definition) is 2. The summed E-state index contributed by atoms with van der Waals surface area (Å²) in [5.41, 5.74) is 3.66. The molecule has 0 aliphatic heterocycles. The Labute approximate surface area is 205 Å². The molecule has 6 heteroatoms. The molecule has 1 fully saturated rings. The van der Waals surface area contributed by atoms with E-state index < -0.39 is 20.1 Å².